The van der Waals surface area contributed by atoms with Crippen LogP contribution in [0.4, 0.5) is 0 Å². The Hall–Kier alpha value is -1.06. The van der Waals surface area contributed by atoms with Crippen LogP contribution >= 0.6 is 11.6 Å². The predicted molar refractivity (Wildman–Crippen MR) is 64.3 cm³/mol. The first-order valence-electron chi connectivity index (χ1n) is 5.10. The van der Waals surface area contributed by atoms with Gasteiger partial charge in [-0.3, -0.25) is 4.79 Å². The Labute approximate surface area is 100 Å². The largest absolute Gasteiger partial charge is 0.381 e. The Morgan fingerprint density at radius 1 is 1.44 bits per heavy atom. The Kier molecular flexibility index (Phi) is 3.94. The molecule has 1 amide bonds. The number of carbonyl (C=O) groups excluding carboxylic acids is 1. The van der Waals surface area contributed by atoms with Gasteiger partial charge in [0.05, 0.1) is 6.04 Å². The van der Waals surface area contributed by atoms with Crippen molar-refractivity contribution in [3.8, 4) is 0 Å². The second-order valence-electron chi connectivity index (χ2n) is 4.28. The Bertz CT molecular complexity index is 385. The fourth-order valence-electron chi connectivity index (χ4n) is 1.28. The van der Waals surface area contributed by atoms with Gasteiger partial charge in [0.25, 0.3) is 5.91 Å². The minimum Gasteiger partial charge on any atom is -0.381 e. The van der Waals surface area contributed by atoms with Gasteiger partial charge in [-0.15, -0.1) is 0 Å². The summed E-state index contributed by atoms with van der Waals surface area (Å²) in [6.07, 6.45) is 0. The highest BCUT2D eigenvalue weighted by atomic mass is 35.5. The van der Waals surface area contributed by atoms with Crippen LogP contribution in [-0.2, 0) is 4.79 Å². The lowest BCUT2D eigenvalue weighted by Crippen LogP contribution is -2.43. The minimum absolute atomic E-state index is 0.229. The number of nitrogens with one attached hydrogen (secondary N) is 1. The van der Waals surface area contributed by atoms with Crippen LogP contribution < -0.4 is 5.32 Å². The van der Waals surface area contributed by atoms with E-state index in [4.69, 9.17) is 11.6 Å². The number of hydrogen-bond acceptors (Lipinski definition) is 2. The van der Waals surface area contributed by atoms with E-state index in [1.54, 1.807) is 6.07 Å². The third-order valence-corrected chi connectivity index (χ3v) is 2.62. The Morgan fingerprint density at radius 2 is 2.00 bits per heavy atom. The van der Waals surface area contributed by atoms with Gasteiger partial charge in [-0.2, -0.15) is 0 Å². The van der Waals surface area contributed by atoms with Crippen LogP contribution in [0.5, 0.6) is 0 Å². The molecular weight excluding hydrogens is 226 g/mol. The highest BCUT2D eigenvalue weighted by molar-refractivity contribution is 6.31. The van der Waals surface area contributed by atoms with E-state index in [1.165, 1.54) is 13.8 Å². The van der Waals surface area contributed by atoms with Crippen molar-refractivity contribution in [2.45, 2.75) is 32.4 Å². The van der Waals surface area contributed by atoms with Gasteiger partial charge in [0.1, 0.15) is 5.60 Å². The fraction of sp³-hybridized carbons (Fsp3) is 0.417. The summed E-state index contributed by atoms with van der Waals surface area (Å²) in [5, 5.41) is 12.8. The van der Waals surface area contributed by atoms with E-state index in [2.05, 4.69) is 5.32 Å². The number of benzene rings is 1. The molecule has 0 saturated heterocycles. The second kappa shape index (κ2) is 4.85. The molecule has 0 saturated carbocycles. The summed E-state index contributed by atoms with van der Waals surface area (Å²) in [6.45, 7) is 4.72. The summed E-state index contributed by atoms with van der Waals surface area (Å²) in [5.74, 6) is -0.417. The van der Waals surface area contributed by atoms with Crippen molar-refractivity contribution in [2.75, 3.05) is 0 Å². The summed E-state index contributed by atoms with van der Waals surface area (Å²) in [4.78, 5) is 11.6. The van der Waals surface area contributed by atoms with Crippen molar-refractivity contribution in [3.05, 3.63) is 34.9 Å². The van der Waals surface area contributed by atoms with Crippen LogP contribution in [0.1, 0.15) is 32.4 Å². The molecule has 1 aromatic rings. The Morgan fingerprint density at radius 3 is 2.50 bits per heavy atom. The maximum Gasteiger partial charge on any atom is 0.251 e. The van der Waals surface area contributed by atoms with E-state index in [1.807, 2.05) is 25.1 Å². The summed E-state index contributed by atoms with van der Waals surface area (Å²) in [5.41, 5.74) is -0.544. The van der Waals surface area contributed by atoms with Gasteiger partial charge in [0.2, 0.25) is 0 Å². The fourth-order valence-corrected chi connectivity index (χ4v) is 1.58. The molecule has 1 aromatic carbocycles. The first-order valence-corrected chi connectivity index (χ1v) is 5.48. The third-order valence-electron chi connectivity index (χ3n) is 2.27. The topological polar surface area (TPSA) is 49.3 Å². The number of amides is 1. The Balaban J connectivity index is 2.78. The van der Waals surface area contributed by atoms with E-state index in [0.717, 1.165) is 5.56 Å². The molecule has 0 aliphatic rings. The average molecular weight is 242 g/mol. The van der Waals surface area contributed by atoms with Gasteiger partial charge in [0, 0.05) is 5.02 Å². The molecule has 1 atom stereocenters. The van der Waals surface area contributed by atoms with Crippen molar-refractivity contribution in [1.82, 2.24) is 5.32 Å². The number of hydrogen-bond donors (Lipinski definition) is 2. The highest BCUT2D eigenvalue weighted by Crippen LogP contribution is 2.22. The zero-order valence-corrected chi connectivity index (χ0v) is 10.4. The standard InChI is InChI=1S/C12H16ClNO2/c1-8(14-11(15)12(2,3)16)9-6-4-5-7-10(9)13/h4-8,16H,1-3H3,(H,14,15). The monoisotopic (exact) mass is 241 g/mol. The highest BCUT2D eigenvalue weighted by Gasteiger charge is 2.25. The molecular formula is C12H16ClNO2. The lowest BCUT2D eigenvalue weighted by atomic mass is 10.1. The lowest BCUT2D eigenvalue weighted by molar-refractivity contribution is -0.137. The molecule has 0 fully saturated rings. The zero-order valence-electron chi connectivity index (χ0n) is 9.62. The van der Waals surface area contributed by atoms with E-state index in [-0.39, 0.29) is 6.04 Å². The van der Waals surface area contributed by atoms with Crippen LogP contribution in [0.2, 0.25) is 5.02 Å². The average Bonchev–Trinajstić information content (AvgIpc) is 2.16. The summed E-state index contributed by atoms with van der Waals surface area (Å²) in [6, 6.07) is 7.07. The van der Waals surface area contributed by atoms with Crippen LogP contribution in [0.3, 0.4) is 0 Å². The van der Waals surface area contributed by atoms with Crippen molar-refractivity contribution in [1.29, 1.82) is 0 Å². The van der Waals surface area contributed by atoms with Crippen LogP contribution in [0, 0.1) is 0 Å². The summed E-state index contributed by atoms with van der Waals surface area (Å²) >= 11 is 6.00. The first kappa shape index (κ1) is 13.0. The summed E-state index contributed by atoms with van der Waals surface area (Å²) in [7, 11) is 0. The van der Waals surface area contributed by atoms with Gasteiger partial charge >= 0.3 is 0 Å². The quantitative estimate of drug-likeness (QED) is 0.853. The molecule has 0 bridgehead atoms. The van der Waals surface area contributed by atoms with E-state index < -0.39 is 11.5 Å². The smallest absolute Gasteiger partial charge is 0.251 e. The van der Waals surface area contributed by atoms with E-state index in [9.17, 15) is 9.90 Å². The molecule has 0 aliphatic heterocycles. The second-order valence-corrected chi connectivity index (χ2v) is 4.68. The molecule has 0 spiro atoms. The lowest BCUT2D eigenvalue weighted by Gasteiger charge is -2.21. The summed E-state index contributed by atoms with van der Waals surface area (Å²) < 4.78 is 0. The molecule has 0 heterocycles. The molecule has 4 heteroatoms. The molecule has 1 rings (SSSR count). The predicted octanol–water partition coefficient (Wildman–Crippen LogP) is 2.29. The number of halogens is 1. The molecule has 16 heavy (non-hydrogen) atoms. The van der Waals surface area contributed by atoms with Crippen LogP contribution in [0.15, 0.2) is 24.3 Å². The van der Waals surface area contributed by atoms with Gasteiger partial charge in [0.15, 0.2) is 0 Å². The maximum absolute atomic E-state index is 11.6. The van der Waals surface area contributed by atoms with E-state index in [0.29, 0.717) is 5.02 Å². The molecule has 2 N–H and O–H groups in total. The van der Waals surface area contributed by atoms with E-state index >= 15 is 0 Å². The third kappa shape index (κ3) is 3.22. The number of aliphatic hydroxyl groups is 1. The van der Waals surface area contributed by atoms with Gasteiger partial charge in [-0.05, 0) is 32.4 Å². The van der Waals surface area contributed by atoms with Gasteiger partial charge in [-0.25, -0.2) is 0 Å². The molecule has 0 aliphatic carbocycles. The first-order chi connectivity index (χ1) is 7.32. The molecule has 88 valence electrons. The van der Waals surface area contributed by atoms with Crippen molar-refractivity contribution in [3.63, 3.8) is 0 Å². The number of carbonyl (C=O) groups is 1. The molecule has 1 unspecified atom stereocenters. The van der Waals surface area contributed by atoms with Crippen molar-refractivity contribution < 1.29 is 9.90 Å². The van der Waals surface area contributed by atoms with Crippen molar-refractivity contribution in [2.24, 2.45) is 0 Å². The minimum atomic E-state index is -1.38. The van der Waals surface area contributed by atoms with Crippen LogP contribution in [0.25, 0.3) is 0 Å². The van der Waals surface area contributed by atoms with Gasteiger partial charge < -0.3 is 10.4 Å². The maximum atomic E-state index is 11.6. The van der Waals surface area contributed by atoms with Crippen molar-refractivity contribution >= 4 is 17.5 Å². The zero-order chi connectivity index (χ0) is 12.3. The SMILES string of the molecule is CC(NC(=O)C(C)(C)O)c1ccccc1Cl. The molecule has 3 nitrogen and oxygen atoms in total. The number of rotatable bonds is 3. The van der Waals surface area contributed by atoms with Gasteiger partial charge in [-0.1, -0.05) is 29.8 Å². The molecule has 0 aromatic heterocycles. The molecule has 0 radical (unpaired) electrons. The normalized spacial score (nSPS) is 13.3. The van der Waals surface area contributed by atoms with Crippen LogP contribution in [-0.4, -0.2) is 16.6 Å².